The molecule has 4 heteroatoms. The van der Waals surface area contributed by atoms with Crippen molar-refractivity contribution in [3.05, 3.63) is 11.1 Å². The molecule has 1 heterocycles. The second kappa shape index (κ2) is 6.36. The monoisotopic (exact) mass is 254 g/mol. The number of thiazole rings is 1. The summed E-state index contributed by atoms with van der Waals surface area (Å²) in [5, 5.41) is 4.23. The molecule has 1 aromatic rings. The molecule has 0 aromatic carbocycles. The van der Waals surface area contributed by atoms with E-state index in [1.54, 1.807) is 11.3 Å². The molecule has 96 valence electrons. The van der Waals surface area contributed by atoms with Crippen LogP contribution in [0.2, 0.25) is 0 Å². The van der Waals surface area contributed by atoms with Crippen molar-refractivity contribution in [2.24, 2.45) is 5.92 Å². The first-order valence-corrected chi connectivity index (χ1v) is 7.39. The Labute approximate surface area is 108 Å². The van der Waals surface area contributed by atoms with Gasteiger partial charge in [0.15, 0.2) is 5.13 Å². The quantitative estimate of drug-likeness (QED) is 0.870. The Kier molecular flexibility index (Phi) is 4.80. The number of aromatic nitrogens is 1. The number of nitrogens with one attached hydrogen (secondary N) is 1. The Balaban J connectivity index is 1.73. The predicted octanol–water partition coefficient (Wildman–Crippen LogP) is 3.67. The molecule has 2 rings (SSSR count). The number of hydrogen-bond acceptors (Lipinski definition) is 4. The van der Waals surface area contributed by atoms with Gasteiger partial charge in [-0.15, -0.1) is 0 Å². The first-order chi connectivity index (χ1) is 8.28. The molecule has 1 aliphatic carbocycles. The van der Waals surface area contributed by atoms with Crippen molar-refractivity contribution < 1.29 is 4.74 Å². The van der Waals surface area contributed by atoms with E-state index in [0.29, 0.717) is 6.10 Å². The van der Waals surface area contributed by atoms with Crippen LogP contribution in [-0.4, -0.2) is 17.6 Å². The Bertz CT molecular complexity index is 332. The zero-order chi connectivity index (χ0) is 12.1. The van der Waals surface area contributed by atoms with E-state index in [1.165, 1.54) is 30.6 Å². The topological polar surface area (TPSA) is 34.2 Å². The van der Waals surface area contributed by atoms with Crippen LogP contribution in [0.1, 0.15) is 44.4 Å². The van der Waals surface area contributed by atoms with Crippen molar-refractivity contribution in [2.45, 2.75) is 52.2 Å². The molecule has 1 aromatic heterocycles. The van der Waals surface area contributed by atoms with E-state index in [-0.39, 0.29) is 0 Å². The second-order valence-corrected chi connectivity index (χ2v) is 5.97. The van der Waals surface area contributed by atoms with E-state index in [4.69, 9.17) is 4.74 Å². The van der Waals surface area contributed by atoms with Gasteiger partial charge >= 0.3 is 0 Å². The third kappa shape index (κ3) is 3.96. The maximum Gasteiger partial charge on any atom is 0.182 e. The third-order valence-corrected chi connectivity index (χ3v) is 4.23. The molecule has 17 heavy (non-hydrogen) atoms. The van der Waals surface area contributed by atoms with Gasteiger partial charge in [0.2, 0.25) is 0 Å². The van der Waals surface area contributed by atoms with Gasteiger partial charge in [-0.1, -0.05) is 18.3 Å². The minimum atomic E-state index is 0.468. The van der Waals surface area contributed by atoms with Crippen LogP contribution in [0.3, 0.4) is 0 Å². The van der Waals surface area contributed by atoms with Crippen molar-refractivity contribution >= 4 is 16.5 Å². The highest BCUT2D eigenvalue weighted by atomic mass is 32.1. The highest BCUT2D eigenvalue weighted by Gasteiger charge is 2.18. The minimum absolute atomic E-state index is 0.468. The molecule has 1 aliphatic rings. The number of hydrogen-bond donors (Lipinski definition) is 1. The molecule has 0 radical (unpaired) electrons. The molecule has 1 fully saturated rings. The molecule has 0 unspecified atom stereocenters. The lowest BCUT2D eigenvalue weighted by atomic mass is 9.89. The van der Waals surface area contributed by atoms with Crippen LogP contribution in [-0.2, 0) is 11.3 Å². The zero-order valence-corrected chi connectivity index (χ0v) is 11.6. The summed E-state index contributed by atoms with van der Waals surface area (Å²) in [4.78, 5) is 5.53. The average Bonchev–Trinajstić information content (AvgIpc) is 2.77. The predicted molar refractivity (Wildman–Crippen MR) is 72.5 cm³/mol. The van der Waals surface area contributed by atoms with Crippen LogP contribution in [0.15, 0.2) is 6.20 Å². The lowest BCUT2D eigenvalue weighted by Gasteiger charge is -2.25. The first kappa shape index (κ1) is 12.8. The molecule has 0 spiro atoms. The fraction of sp³-hybridized carbons (Fsp3) is 0.769. The normalized spacial score (nSPS) is 24.8. The van der Waals surface area contributed by atoms with Crippen LogP contribution in [0.25, 0.3) is 0 Å². The largest absolute Gasteiger partial charge is 0.373 e. The summed E-state index contributed by atoms with van der Waals surface area (Å²) in [6.45, 7) is 6.07. The summed E-state index contributed by atoms with van der Waals surface area (Å²) in [7, 11) is 0. The van der Waals surface area contributed by atoms with E-state index in [9.17, 15) is 0 Å². The SMILES string of the molecule is CCNc1ncc(COC2CCC(C)CC2)s1. The van der Waals surface area contributed by atoms with Gasteiger partial charge < -0.3 is 10.1 Å². The van der Waals surface area contributed by atoms with E-state index in [2.05, 4.69) is 24.1 Å². The van der Waals surface area contributed by atoms with Gasteiger partial charge in [0, 0.05) is 12.7 Å². The van der Waals surface area contributed by atoms with Crippen LogP contribution >= 0.6 is 11.3 Å². The fourth-order valence-corrected chi connectivity index (χ4v) is 3.01. The number of rotatable bonds is 5. The molecule has 0 saturated heterocycles. The molecule has 0 aliphatic heterocycles. The minimum Gasteiger partial charge on any atom is -0.373 e. The van der Waals surface area contributed by atoms with Crippen molar-refractivity contribution in [3.63, 3.8) is 0 Å². The molecule has 0 bridgehead atoms. The lowest BCUT2D eigenvalue weighted by molar-refractivity contribution is 0.00997. The standard InChI is InChI=1S/C13H22N2OS/c1-3-14-13-15-8-12(17-13)9-16-11-6-4-10(2)5-7-11/h8,10-11H,3-7,9H2,1-2H3,(H,14,15). The number of ether oxygens (including phenoxy) is 1. The maximum atomic E-state index is 5.95. The summed E-state index contributed by atoms with van der Waals surface area (Å²) < 4.78 is 5.95. The van der Waals surface area contributed by atoms with E-state index < -0.39 is 0 Å². The molecule has 0 amide bonds. The summed E-state index contributed by atoms with van der Waals surface area (Å²) >= 11 is 1.70. The first-order valence-electron chi connectivity index (χ1n) is 6.58. The van der Waals surface area contributed by atoms with Crippen LogP contribution in [0, 0.1) is 5.92 Å². The number of nitrogens with zero attached hydrogens (tertiary/aromatic N) is 1. The smallest absolute Gasteiger partial charge is 0.182 e. The third-order valence-electron chi connectivity index (χ3n) is 3.31. The van der Waals surface area contributed by atoms with E-state index >= 15 is 0 Å². The highest BCUT2D eigenvalue weighted by molar-refractivity contribution is 7.15. The molecule has 1 N–H and O–H groups in total. The van der Waals surface area contributed by atoms with E-state index in [0.717, 1.165) is 24.2 Å². The van der Waals surface area contributed by atoms with Gasteiger partial charge in [0.25, 0.3) is 0 Å². The molecular weight excluding hydrogens is 232 g/mol. The summed E-state index contributed by atoms with van der Waals surface area (Å²) in [6.07, 6.45) is 7.47. The zero-order valence-electron chi connectivity index (χ0n) is 10.7. The van der Waals surface area contributed by atoms with Crippen LogP contribution < -0.4 is 5.32 Å². The molecule has 0 atom stereocenters. The van der Waals surface area contributed by atoms with Crippen LogP contribution in [0.5, 0.6) is 0 Å². The number of anilines is 1. The Morgan fingerprint density at radius 1 is 1.41 bits per heavy atom. The fourth-order valence-electron chi connectivity index (χ4n) is 2.20. The van der Waals surface area contributed by atoms with Gasteiger partial charge in [0.1, 0.15) is 0 Å². The van der Waals surface area contributed by atoms with E-state index in [1.807, 2.05) is 6.20 Å². The maximum absolute atomic E-state index is 5.95. The molecule has 3 nitrogen and oxygen atoms in total. The summed E-state index contributed by atoms with van der Waals surface area (Å²) in [5.74, 6) is 0.888. The van der Waals surface area contributed by atoms with Gasteiger partial charge in [0.05, 0.1) is 17.6 Å². The lowest BCUT2D eigenvalue weighted by Crippen LogP contribution is -2.20. The van der Waals surface area contributed by atoms with Crippen molar-refractivity contribution in [2.75, 3.05) is 11.9 Å². The summed E-state index contributed by atoms with van der Waals surface area (Å²) in [6, 6.07) is 0. The Hall–Kier alpha value is -0.610. The van der Waals surface area contributed by atoms with Crippen LogP contribution in [0.4, 0.5) is 5.13 Å². The second-order valence-electron chi connectivity index (χ2n) is 4.85. The molecule has 1 saturated carbocycles. The summed E-state index contributed by atoms with van der Waals surface area (Å²) in [5.41, 5.74) is 0. The Morgan fingerprint density at radius 2 is 2.18 bits per heavy atom. The van der Waals surface area contributed by atoms with Gasteiger partial charge in [-0.25, -0.2) is 4.98 Å². The van der Waals surface area contributed by atoms with Crippen molar-refractivity contribution in [1.82, 2.24) is 4.98 Å². The average molecular weight is 254 g/mol. The van der Waals surface area contributed by atoms with Crippen molar-refractivity contribution in [3.8, 4) is 0 Å². The van der Waals surface area contributed by atoms with Gasteiger partial charge in [-0.3, -0.25) is 0 Å². The van der Waals surface area contributed by atoms with Crippen molar-refractivity contribution in [1.29, 1.82) is 0 Å². The molecular formula is C13H22N2OS. The van der Waals surface area contributed by atoms with Gasteiger partial charge in [-0.2, -0.15) is 0 Å². The van der Waals surface area contributed by atoms with Gasteiger partial charge in [-0.05, 0) is 38.5 Å². The highest BCUT2D eigenvalue weighted by Crippen LogP contribution is 2.27. The Morgan fingerprint density at radius 3 is 2.88 bits per heavy atom.